The molecular formula is C10H18N2O4. The third-order valence-electron chi connectivity index (χ3n) is 3.09. The molecule has 6 nitrogen and oxygen atoms in total. The molecule has 2 heterocycles. The van der Waals surface area contributed by atoms with Crippen molar-refractivity contribution in [3.8, 4) is 0 Å². The summed E-state index contributed by atoms with van der Waals surface area (Å²) in [7, 11) is 0. The molecule has 1 amide bonds. The number of ether oxygens (including phenoxy) is 2. The molecule has 0 bridgehead atoms. The van der Waals surface area contributed by atoms with Crippen molar-refractivity contribution in [3.05, 3.63) is 0 Å². The van der Waals surface area contributed by atoms with E-state index in [1.807, 2.05) is 0 Å². The summed E-state index contributed by atoms with van der Waals surface area (Å²) in [5.74, 6) is -1.29. The number of fused-ring (bicyclic) bond motifs is 1. The van der Waals surface area contributed by atoms with E-state index in [0.29, 0.717) is 0 Å². The Hall–Kier alpha value is -0.690. The molecule has 92 valence electrons. The number of primary amides is 1. The second kappa shape index (κ2) is 3.66. The Bertz CT molecular complexity index is 307. The first-order chi connectivity index (χ1) is 7.32. The summed E-state index contributed by atoms with van der Waals surface area (Å²) in [6, 6.07) is -0.874. The van der Waals surface area contributed by atoms with E-state index >= 15 is 0 Å². The molecule has 2 aliphatic heterocycles. The summed E-state index contributed by atoms with van der Waals surface area (Å²) in [6.07, 6.45) is -1.75. The lowest BCUT2D eigenvalue weighted by molar-refractivity contribution is -0.154. The van der Waals surface area contributed by atoms with Gasteiger partial charge in [-0.3, -0.25) is 10.1 Å². The summed E-state index contributed by atoms with van der Waals surface area (Å²) in [5, 5.41) is 12.9. The van der Waals surface area contributed by atoms with Crippen molar-refractivity contribution in [2.24, 2.45) is 5.73 Å². The van der Waals surface area contributed by atoms with Crippen molar-refractivity contribution in [1.29, 1.82) is 0 Å². The van der Waals surface area contributed by atoms with E-state index in [0.717, 1.165) is 0 Å². The van der Waals surface area contributed by atoms with E-state index in [9.17, 15) is 9.90 Å². The van der Waals surface area contributed by atoms with E-state index in [2.05, 4.69) is 5.32 Å². The highest BCUT2D eigenvalue weighted by atomic mass is 16.8. The summed E-state index contributed by atoms with van der Waals surface area (Å²) < 4.78 is 11.2. The van der Waals surface area contributed by atoms with Crippen molar-refractivity contribution in [3.63, 3.8) is 0 Å². The first-order valence-electron chi connectivity index (χ1n) is 5.41. The van der Waals surface area contributed by atoms with E-state index in [4.69, 9.17) is 15.2 Å². The quantitative estimate of drug-likeness (QED) is 0.521. The number of hydrogen-bond acceptors (Lipinski definition) is 5. The highest BCUT2D eigenvalue weighted by Gasteiger charge is 2.54. The van der Waals surface area contributed by atoms with Gasteiger partial charge in [-0.05, 0) is 20.8 Å². The van der Waals surface area contributed by atoms with Crippen LogP contribution in [0.2, 0.25) is 0 Å². The summed E-state index contributed by atoms with van der Waals surface area (Å²) >= 11 is 0. The molecule has 2 rings (SSSR count). The number of carbonyl (C=O) groups excluding carboxylic acids is 1. The van der Waals surface area contributed by atoms with E-state index < -0.39 is 36.0 Å². The van der Waals surface area contributed by atoms with Crippen LogP contribution in [0.3, 0.4) is 0 Å². The Kier molecular flexibility index (Phi) is 2.70. The van der Waals surface area contributed by atoms with Gasteiger partial charge in [0.1, 0.15) is 18.2 Å². The predicted octanol–water partition coefficient (Wildman–Crippen LogP) is -1.29. The molecule has 16 heavy (non-hydrogen) atoms. The summed E-state index contributed by atoms with van der Waals surface area (Å²) in [6.45, 7) is 5.28. The fourth-order valence-corrected chi connectivity index (χ4v) is 2.34. The monoisotopic (exact) mass is 230 g/mol. The number of hydrogen-bond donors (Lipinski definition) is 3. The van der Waals surface area contributed by atoms with Crippen molar-refractivity contribution >= 4 is 5.91 Å². The maximum absolute atomic E-state index is 11.3. The number of aliphatic hydroxyl groups is 1. The molecule has 0 aromatic carbocycles. The van der Waals surface area contributed by atoms with Gasteiger partial charge in [0.05, 0.1) is 6.10 Å². The molecule has 0 radical (unpaired) electrons. The number of rotatable bonds is 1. The molecule has 5 atom stereocenters. The van der Waals surface area contributed by atoms with Crippen molar-refractivity contribution in [2.45, 2.75) is 57.0 Å². The maximum Gasteiger partial charge on any atom is 0.237 e. The zero-order valence-electron chi connectivity index (χ0n) is 9.64. The van der Waals surface area contributed by atoms with Crippen LogP contribution in [0.15, 0.2) is 0 Å². The van der Waals surface area contributed by atoms with E-state index in [1.165, 1.54) is 0 Å². The van der Waals surface area contributed by atoms with Gasteiger partial charge in [-0.25, -0.2) is 0 Å². The fraction of sp³-hybridized carbons (Fsp3) is 0.900. The van der Waals surface area contributed by atoms with Gasteiger partial charge in [-0.2, -0.15) is 0 Å². The lowest BCUT2D eigenvalue weighted by atomic mass is 9.91. The predicted molar refractivity (Wildman–Crippen MR) is 55.4 cm³/mol. The van der Waals surface area contributed by atoms with Crippen molar-refractivity contribution < 1.29 is 19.4 Å². The SMILES string of the molecule is C[C@@H]1N[C@@H](C(N)=O)[C@@H]2OC(C)(C)O[C@@H]2[C@H]1O. The minimum absolute atomic E-state index is 0.253. The van der Waals surface area contributed by atoms with Gasteiger partial charge in [-0.15, -0.1) is 0 Å². The van der Waals surface area contributed by atoms with Crippen LogP contribution < -0.4 is 11.1 Å². The summed E-state index contributed by atoms with van der Waals surface area (Å²) in [5.41, 5.74) is 5.30. The molecule has 0 aliphatic carbocycles. The van der Waals surface area contributed by atoms with Gasteiger partial charge in [0.15, 0.2) is 5.79 Å². The smallest absolute Gasteiger partial charge is 0.237 e. The normalized spacial score (nSPS) is 46.4. The molecule has 6 heteroatoms. The maximum atomic E-state index is 11.3. The number of amides is 1. The topological polar surface area (TPSA) is 93.8 Å². The zero-order valence-corrected chi connectivity index (χ0v) is 9.64. The molecule has 4 N–H and O–H groups in total. The van der Waals surface area contributed by atoms with Gasteiger partial charge in [-0.1, -0.05) is 0 Å². The minimum Gasteiger partial charge on any atom is -0.389 e. The number of carbonyl (C=O) groups is 1. The molecule has 2 fully saturated rings. The van der Waals surface area contributed by atoms with Crippen LogP contribution >= 0.6 is 0 Å². The first kappa shape index (κ1) is 11.8. The highest BCUT2D eigenvalue weighted by Crippen LogP contribution is 2.34. The Morgan fingerprint density at radius 1 is 1.38 bits per heavy atom. The average molecular weight is 230 g/mol. The number of nitrogens with two attached hydrogens (primary N) is 1. The Balaban J connectivity index is 2.25. The Labute approximate surface area is 94.1 Å². The van der Waals surface area contributed by atoms with E-state index in [-0.39, 0.29) is 6.04 Å². The van der Waals surface area contributed by atoms with Crippen LogP contribution in [-0.4, -0.2) is 47.2 Å². The van der Waals surface area contributed by atoms with Crippen LogP contribution in [0.25, 0.3) is 0 Å². The molecule has 0 unspecified atom stereocenters. The van der Waals surface area contributed by atoms with Crippen LogP contribution in [0.4, 0.5) is 0 Å². The van der Waals surface area contributed by atoms with Gasteiger partial charge in [0, 0.05) is 6.04 Å². The molecule has 0 aromatic rings. The number of piperidine rings is 1. The highest BCUT2D eigenvalue weighted by molar-refractivity contribution is 5.81. The van der Waals surface area contributed by atoms with Gasteiger partial charge in [0.2, 0.25) is 5.91 Å². The zero-order chi connectivity index (χ0) is 12.1. The molecule has 0 saturated carbocycles. The van der Waals surface area contributed by atoms with Gasteiger partial charge in [0.25, 0.3) is 0 Å². The summed E-state index contributed by atoms with van der Waals surface area (Å²) in [4.78, 5) is 11.3. The van der Waals surface area contributed by atoms with Crippen LogP contribution in [0.1, 0.15) is 20.8 Å². The Morgan fingerprint density at radius 2 is 1.94 bits per heavy atom. The average Bonchev–Trinajstić information content (AvgIpc) is 2.47. The largest absolute Gasteiger partial charge is 0.389 e. The first-order valence-corrected chi connectivity index (χ1v) is 5.41. The third-order valence-corrected chi connectivity index (χ3v) is 3.09. The lowest BCUT2D eigenvalue weighted by Crippen LogP contribution is -2.66. The fourth-order valence-electron chi connectivity index (χ4n) is 2.34. The second-order valence-electron chi connectivity index (χ2n) is 4.89. The molecular weight excluding hydrogens is 212 g/mol. The van der Waals surface area contributed by atoms with E-state index in [1.54, 1.807) is 20.8 Å². The standard InChI is InChI=1S/C10H18N2O4/c1-4-6(13)8-7(5(12-4)9(11)14)15-10(2,3)16-8/h4-8,12-13H,1-3H3,(H2,11,14)/t4-,5+,6-,7-,8+/m0/s1. The van der Waals surface area contributed by atoms with Crippen molar-refractivity contribution in [2.75, 3.05) is 0 Å². The van der Waals surface area contributed by atoms with Crippen LogP contribution in [0.5, 0.6) is 0 Å². The Morgan fingerprint density at radius 3 is 2.50 bits per heavy atom. The molecule has 2 aliphatic rings. The van der Waals surface area contributed by atoms with Crippen LogP contribution in [0, 0.1) is 0 Å². The number of nitrogens with one attached hydrogen (secondary N) is 1. The third kappa shape index (κ3) is 1.82. The van der Waals surface area contributed by atoms with Gasteiger partial charge >= 0.3 is 0 Å². The second-order valence-corrected chi connectivity index (χ2v) is 4.89. The van der Waals surface area contributed by atoms with Gasteiger partial charge < -0.3 is 20.3 Å². The minimum atomic E-state index is -0.796. The lowest BCUT2D eigenvalue weighted by Gasteiger charge is -2.38. The molecule has 0 spiro atoms. The number of aliphatic hydroxyl groups excluding tert-OH is 1. The molecule has 0 aromatic heterocycles. The molecule has 2 saturated heterocycles. The van der Waals surface area contributed by atoms with Crippen LogP contribution in [-0.2, 0) is 14.3 Å². The van der Waals surface area contributed by atoms with Crippen molar-refractivity contribution in [1.82, 2.24) is 5.32 Å².